The third-order valence-electron chi connectivity index (χ3n) is 5.96. The molecule has 2 N–H and O–H groups in total. The molecule has 0 aliphatic carbocycles. The Labute approximate surface area is 206 Å². The van der Waals surface area contributed by atoms with Crippen molar-refractivity contribution >= 4 is 40.2 Å². The molecule has 4 aromatic rings. The molecule has 1 atom stereocenters. The van der Waals surface area contributed by atoms with Crippen molar-refractivity contribution in [2.24, 2.45) is 0 Å². The lowest BCUT2D eigenvalue weighted by atomic mass is 9.94. The number of para-hydroxylation sites is 2. The van der Waals surface area contributed by atoms with Crippen LogP contribution in [0.4, 0.5) is 16.0 Å². The zero-order chi connectivity index (χ0) is 24.7. The van der Waals surface area contributed by atoms with Gasteiger partial charge in [0.15, 0.2) is 0 Å². The number of amides is 1. The van der Waals surface area contributed by atoms with Gasteiger partial charge in [0, 0.05) is 17.8 Å². The van der Waals surface area contributed by atoms with Crippen LogP contribution < -0.4 is 20.1 Å². The van der Waals surface area contributed by atoms with E-state index in [4.69, 9.17) is 21.1 Å². The van der Waals surface area contributed by atoms with E-state index in [0.29, 0.717) is 45.0 Å². The highest BCUT2D eigenvalue weighted by Crippen LogP contribution is 2.41. The molecule has 1 aliphatic rings. The van der Waals surface area contributed by atoms with Crippen molar-refractivity contribution in [2.45, 2.75) is 13.0 Å². The van der Waals surface area contributed by atoms with Crippen LogP contribution in [0.1, 0.15) is 18.5 Å². The molecule has 7 nitrogen and oxygen atoms in total. The number of rotatable bonds is 5. The molecule has 0 fully saturated rings. The fraction of sp³-hybridized carbons (Fsp3) is 0.154. The number of benzene rings is 3. The van der Waals surface area contributed by atoms with Crippen LogP contribution in [0.15, 0.2) is 71.9 Å². The smallest absolute Gasteiger partial charge is 0.255 e. The van der Waals surface area contributed by atoms with Crippen LogP contribution in [0, 0.1) is 5.82 Å². The number of anilines is 2. The van der Waals surface area contributed by atoms with Crippen LogP contribution in [-0.4, -0.2) is 29.7 Å². The number of halogens is 2. The Balaban J connectivity index is 1.65. The second-order valence-electron chi connectivity index (χ2n) is 8.06. The van der Waals surface area contributed by atoms with E-state index in [2.05, 4.69) is 15.6 Å². The standard InChI is InChI=1S/C26H22ClFN4O3/c1-14-23(25(33)30-19-13-21(34-2)17(27)12-22(19)35-3)24(15-7-6-8-16(28)11-15)32-20-10-5-4-9-18(20)31-26(32)29-14/h4-13,24H,1-3H3,(H,29,31)(H,30,33). The molecule has 0 radical (unpaired) electrons. The van der Waals surface area contributed by atoms with Crippen LogP contribution in [0.3, 0.4) is 0 Å². The predicted molar refractivity (Wildman–Crippen MR) is 134 cm³/mol. The van der Waals surface area contributed by atoms with Gasteiger partial charge in [0.25, 0.3) is 5.91 Å². The maximum absolute atomic E-state index is 14.3. The number of hydrogen-bond acceptors (Lipinski definition) is 5. The Bertz CT molecular complexity index is 1500. The van der Waals surface area contributed by atoms with Gasteiger partial charge in [-0.3, -0.25) is 9.36 Å². The highest BCUT2D eigenvalue weighted by Gasteiger charge is 2.34. The van der Waals surface area contributed by atoms with E-state index in [-0.39, 0.29) is 0 Å². The lowest BCUT2D eigenvalue weighted by molar-refractivity contribution is -0.113. The quantitative estimate of drug-likeness (QED) is 0.369. The van der Waals surface area contributed by atoms with Gasteiger partial charge in [0.2, 0.25) is 5.95 Å². The average Bonchev–Trinajstić information content (AvgIpc) is 3.21. The summed E-state index contributed by atoms with van der Waals surface area (Å²) in [5.74, 6) is 0.547. The van der Waals surface area contributed by atoms with Crippen molar-refractivity contribution < 1.29 is 18.7 Å². The molecule has 1 amide bonds. The summed E-state index contributed by atoms with van der Waals surface area (Å²) in [4.78, 5) is 18.5. The Kier molecular flexibility index (Phi) is 5.82. The van der Waals surface area contributed by atoms with Gasteiger partial charge in [0.1, 0.15) is 17.3 Å². The molecular formula is C26H22ClFN4O3. The van der Waals surface area contributed by atoms with E-state index in [1.807, 2.05) is 28.8 Å². The number of aromatic nitrogens is 2. The van der Waals surface area contributed by atoms with E-state index in [0.717, 1.165) is 11.0 Å². The van der Waals surface area contributed by atoms with Gasteiger partial charge in [-0.05, 0) is 36.8 Å². The Morgan fingerprint density at radius 1 is 1.09 bits per heavy atom. The van der Waals surface area contributed by atoms with Gasteiger partial charge < -0.3 is 20.1 Å². The van der Waals surface area contributed by atoms with Crippen molar-refractivity contribution in [2.75, 3.05) is 24.9 Å². The van der Waals surface area contributed by atoms with Gasteiger partial charge >= 0.3 is 0 Å². The minimum absolute atomic E-state index is 0.351. The van der Waals surface area contributed by atoms with Crippen molar-refractivity contribution in [3.05, 3.63) is 88.3 Å². The first kappa shape index (κ1) is 22.7. The first-order valence-electron chi connectivity index (χ1n) is 10.8. The highest BCUT2D eigenvalue weighted by atomic mass is 35.5. The number of hydrogen-bond donors (Lipinski definition) is 2. The zero-order valence-corrected chi connectivity index (χ0v) is 20.0. The zero-order valence-electron chi connectivity index (χ0n) is 19.2. The molecule has 3 aromatic carbocycles. The van der Waals surface area contributed by atoms with E-state index in [1.54, 1.807) is 31.2 Å². The fourth-order valence-corrected chi connectivity index (χ4v) is 4.63. The summed E-state index contributed by atoms with van der Waals surface area (Å²) in [5, 5.41) is 6.51. The summed E-state index contributed by atoms with van der Waals surface area (Å²) < 4.78 is 27.0. The minimum Gasteiger partial charge on any atom is -0.495 e. The normalized spacial score (nSPS) is 14.9. The SMILES string of the molecule is COc1cc(NC(=O)C2=C(C)Nc3nc4ccccc4n3C2c2cccc(F)c2)c(OC)cc1Cl. The Morgan fingerprint density at radius 2 is 1.86 bits per heavy atom. The number of carbonyl (C=O) groups is 1. The van der Waals surface area contributed by atoms with Crippen molar-refractivity contribution in [3.63, 3.8) is 0 Å². The number of ether oxygens (including phenoxy) is 2. The van der Waals surface area contributed by atoms with Gasteiger partial charge in [-0.1, -0.05) is 35.9 Å². The van der Waals surface area contributed by atoms with Crippen LogP contribution in [-0.2, 0) is 4.79 Å². The van der Waals surface area contributed by atoms with Crippen molar-refractivity contribution in [3.8, 4) is 11.5 Å². The monoisotopic (exact) mass is 492 g/mol. The molecule has 2 heterocycles. The Hall–Kier alpha value is -4.04. The van der Waals surface area contributed by atoms with E-state index in [9.17, 15) is 9.18 Å². The van der Waals surface area contributed by atoms with Crippen LogP contribution in [0.25, 0.3) is 11.0 Å². The number of fused-ring (bicyclic) bond motifs is 3. The maximum Gasteiger partial charge on any atom is 0.255 e. The minimum atomic E-state index is -0.630. The van der Waals surface area contributed by atoms with Crippen LogP contribution in [0.2, 0.25) is 5.02 Å². The van der Waals surface area contributed by atoms with E-state index >= 15 is 0 Å². The number of methoxy groups -OCH3 is 2. The first-order valence-corrected chi connectivity index (χ1v) is 11.2. The number of nitrogens with one attached hydrogen (secondary N) is 2. The highest BCUT2D eigenvalue weighted by molar-refractivity contribution is 6.32. The average molecular weight is 493 g/mol. The Morgan fingerprint density at radius 3 is 2.60 bits per heavy atom. The topological polar surface area (TPSA) is 77.4 Å². The third-order valence-corrected chi connectivity index (χ3v) is 6.26. The maximum atomic E-state index is 14.3. The summed E-state index contributed by atoms with van der Waals surface area (Å²) in [6.45, 7) is 1.80. The van der Waals surface area contributed by atoms with Crippen LogP contribution >= 0.6 is 11.6 Å². The van der Waals surface area contributed by atoms with E-state index in [1.165, 1.54) is 26.4 Å². The number of imidazole rings is 1. The predicted octanol–water partition coefficient (Wildman–Crippen LogP) is 5.77. The number of allylic oxidation sites excluding steroid dienone is 1. The largest absolute Gasteiger partial charge is 0.495 e. The molecule has 0 saturated heterocycles. The molecule has 9 heteroatoms. The molecule has 0 saturated carbocycles. The molecule has 35 heavy (non-hydrogen) atoms. The second kappa shape index (κ2) is 8.96. The van der Waals surface area contributed by atoms with Gasteiger partial charge in [0.05, 0.1) is 47.6 Å². The van der Waals surface area contributed by atoms with Gasteiger partial charge in [-0.25, -0.2) is 9.37 Å². The fourth-order valence-electron chi connectivity index (χ4n) is 4.40. The summed E-state index contributed by atoms with van der Waals surface area (Å²) in [6, 6.07) is 16.4. The van der Waals surface area contributed by atoms with Gasteiger partial charge in [-0.15, -0.1) is 0 Å². The molecule has 178 valence electrons. The molecule has 1 unspecified atom stereocenters. The van der Waals surface area contributed by atoms with E-state index < -0.39 is 17.8 Å². The molecule has 0 spiro atoms. The summed E-state index contributed by atoms with van der Waals surface area (Å²) in [5.41, 5.74) is 3.57. The lowest BCUT2D eigenvalue weighted by Gasteiger charge is -2.31. The van der Waals surface area contributed by atoms with Crippen molar-refractivity contribution in [1.82, 2.24) is 9.55 Å². The second-order valence-corrected chi connectivity index (χ2v) is 8.46. The lowest BCUT2D eigenvalue weighted by Crippen LogP contribution is -2.31. The molecule has 1 aromatic heterocycles. The first-order chi connectivity index (χ1) is 16.9. The van der Waals surface area contributed by atoms with Crippen molar-refractivity contribution in [1.29, 1.82) is 0 Å². The molecule has 0 bridgehead atoms. The summed E-state index contributed by atoms with van der Waals surface area (Å²) in [7, 11) is 2.97. The molecule has 5 rings (SSSR count). The number of carbonyl (C=O) groups excluding carboxylic acids is 1. The molecule has 1 aliphatic heterocycles. The third kappa shape index (κ3) is 3.95. The van der Waals surface area contributed by atoms with Crippen LogP contribution in [0.5, 0.6) is 11.5 Å². The van der Waals surface area contributed by atoms with Gasteiger partial charge in [-0.2, -0.15) is 0 Å². The number of nitrogens with zero attached hydrogens (tertiary/aromatic N) is 2. The summed E-state index contributed by atoms with van der Waals surface area (Å²) >= 11 is 6.22. The molecular weight excluding hydrogens is 471 g/mol. The summed E-state index contributed by atoms with van der Waals surface area (Å²) in [6.07, 6.45) is 0.